The Labute approximate surface area is 182 Å². The number of aromatic nitrogens is 2. The predicted octanol–water partition coefficient (Wildman–Crippen LogP) is 2.39. The highest BCUT2D eigenvalue weighted by Gasteiger charge is 2.26. The maximum absolute atomic E-state index is 12.7. The summed E-state index contributed by atoms with van der Waals surface area (Å²) in [6, 6.07) is 11.7. The second-order valence-electron chi connectivity index (χ2n) is 6.41. The molecule has 0 amide bonds. The Hall–Kier alpha value is -4.06. The van der Waals surface area contributed by atoms with E-state index in [0.29, 0.717) is 11.3 Å². The molecule has 3 aromatic rings. The Bertz CT molecular complexity index is 1370. The summed E-state index contributed by atoms with van der Waals surface area (Å²) in [5.41, 5.74) is -0.750. The van der Waals surface area contributed by atoms with Crippen molar-refractivity contribution in [1.29, 1.82) is 0 Å². The number of nitrogens with zero attached hydrogens (tertiary/aromatic N) is 3. The number of hydrogen-bond donors (Lipinski definition) is 0. The zero-order valence-corrected chi connectivity index (χ0v) is 17.7. The monoisotopic (exact) mass is 459 g/mol. The smallest absolute Gasteiger partial charge is 0.362 e. The minimum atomic E-state index is -4.64. The van der Waals surface area contributed by atoms with Gasteiger partial charge in [-0.3, -0.25) is 14.9 Å². The van der Waals surface area contributed by atoms with Gasteiger partial charge in [-0.05, 0) is 31.5 Å². The van der Waals surface area contributed by atoms with Gasteiger partial charge in [0.05, 0.1) is 23.3 Å². The topological polar surface area (TPSA) is 148 Å². The van der Waals surface area contributed by atoms with Crippen LogP contribution in [0.4, 0.5) is 5.69 Å². The summed E-state index contributed by atoms with van der Waals surface area (Å²) in [5.74, 6) is -1.68. The first-order valence-corrected chi connectivity index (χ1v) is 10.6. The van der Waals surface area contributed by atoms with E-state index in [1.54, 1.807) is 31.2 Å². The molecule has 0 saturated heterocycles. The lowest BCUT2D eigenvalue weighted by atomic mass is 10.2. The van der Waals surface area contributed by atoms with Crippen molar-refractivity contribution in [3.8, 4) is 11.4 Å². The number of carbonyl (C=O) groups is 1. The number of carbonyl (C=O) groups excluding carboxylic acids is 1. The fourth-order valence-corrected chi connectivity index (χ4v) is 3.71. The molecule has 2 aromatic carbocycles. The molecule has 166 valence electrons. The van der Waals surface area contributed by atoms with Gasteiger partial charge in [-0.2, -0.15) is 18.2 Å². The summed E-state index contributed by atoms with van der Waals surface area (Å²) in [6.07, 6.45) is 0. The Morgan fingerprint density at radius 1 is 1.16 bits per heavy atom. The minimum Gasteiger partial charge on any atom is -0.461 e. The van der Waals surface area contributed by atoms with Crippen molar-refractivity contribution in [3.05, 3.63) is 86.3 Å². The molecule has 0 radical (unpaired) electrons. The maximum Gasteiger partial charge on any atom is 0.362 e. The Kier molecular flexibility index (Phi) is 6.35. The first-order valence-electron chi connectivity index (χ1n) is 9.20. The lowest BCUT2D eigenvalue weighted by Crippen LogP contribution is -2.26. The summed E-state index contributed by atoms with van der Waals surface area (Å²) in [5, 5.41) is 14.9. The summed E-state index contributed by atoms with van der Waals surface area (Å²) < 4.78 is 36.2. The van der Waals surface area contributed by atoms with Crippen LogP contribution >= 0.6 is 0 Å². The molecule has 0 aliphatic heterocycles. The van der Waals surface area contributed by atoms with Crippen LogP contribution in [0.1, 0.15) is 23.0 Å². The Balaban J connectivity index is 2.13. The van der Waals surface area contributed by atoms with Crippen molar-refractivity contribution in [2.45, 2.75) is 18.7 Å². The lowest BCUT2D eigenvalue weighted by Gasteiger charge is -2.13. The number of nitro benzene ring substituents is 1. The van der Waals surface area contributed by atoms with Gasteiger partial charge in [-0.1, -0.05) is 24.3 Å². The third-order valence-corrected chi connectivity index (χ3v) is 5.46. The number of non-ortho nitro benzene ring substituents is 1. The summed E-state index contributed by atoms with van der Waals surface area (Å²) in [6.45, 7) is 3.22. The second kappa shape index (κ2) is 8.98. The van der Waals surface area contributed by atoms with Crippen molar-refractivity contribution in [2.24, 2.45) is 0 Å². The molecule has 0 saturated carbocycles. The quantitative estimate of drug-likeness (QED) is 0.225. The van der Waals surface area contributed by atoms with Crippen LogP contribution in [0.3, 0.4) is 0 Å². The van der Waals surface area contributed by atoms with E-state index in [1.165, 1.54) is 6.92 Å². The highest BCUT2D eigenvalue weighted by molar-refractivity contribution is 7.87. The standard InChI is InChI=1S/C20H17N3O8S/c1-3-30-20(25)19-17(12-18(24)22(21-19)16-10-5-4-7-13(16)2)31-32(28,29)15-9-6-8-14(11-15)23(26)27/h4-12H,3H2,1-2H3. The molecule has 12 heteroatoms. The molecular weight excluding hydrogens is 442 g/mol. The number of para-hydroxylation sites is 1. The zero-order chi connectivity index (χ0) is 23.5. The number of ether oxygens (including phenoxy) is 1. The van der Waals surface area contributed by atoms with E-state index in [4.69, 9.17) is 8.92 Å². The average Bonchev–Trinajstić information content (AvgIpc) is 2.74. The summed E-state index contributed by atoms with van der Waals surface area (Å²) in [7, 11) is -4.64. The average molecular weight is 459 g/mol. The Morgan fingerprint density at radius 2 is 1.88 bits per heavy atom. The van der Waals surface area contributed by atoms with E-state index in [0.717, 1.165) is 35.0 Å². The van der Waals surface area contributed by atoms with E-state index in [1.807, 2.05) is 0 Å². The van der Waals surface area contributed by atoms with Gasteiger partial charge >= 0.3 is 16.1 Å². The number of rotatable bonds is 7. The van der Waals surface area contributed by atoms with Crippen LogP contribution in [0.2, 0.25) is 0 Å². The first kappa shape index (κ1) is 22.6. The normalized spacial score (nSPS) is 11.1. The van der Waals surface area contributed by atoms with Gasteiger partial charge in [0.15, 0.2) is 5.75 Å². The fraction of sp³-hybridized carbons (Fsp3) is 0.150. The third kappa shape index (κ3) is 4.64. The van der Waals surface area contributed by atoms with E-state index in [-0.39, 0.29) is 6.61 Å². The molecule has 1 aromatic heterocycles. The van der Waals surface area contributed by atoms with Gasteiger partial charge in [-0.25, -0.2) is 4.79 Å². The van der Waals surface area contributed by atoms with Crippen LogP contribution in [0.5, 0.6) is 5.75 Å². The maximum atomic E-state index is 12.7. The van der Waals surface area contributed by atoms with Crippen molar-refractivity contribution in [3.63, 3.8) is 0 Å². The zero-order valence-electron chi connectivity index (χ0n) is 16.9. The van der Waals surface area contributed by atoms with E-state index in [9.17, 15) is 28.1 Å². The molecule has 0 atom stereocenters. The summed E-state index contributed by atoms with van der Waals surface area (Å²) >= 11 is 0. The van der Waals surface area contributed by atoms with Gasteiger partial charge in [0.2, 0.25) is 5.69 Å². The molecule has 3 rings (SSSR count). The SMILES string of the molecule is CCOC(=O)c1nn(-c2ccccc2C)c(=O)cc1OS(=O)(=O)c1cccc([N+](=O)[O-])c1. The number of esters is 1. The van der Waals surface area contributed by atoms with Crippen LogP contribution in [-0.4, -0.2) is 35.7 Å². The number of aryl methyl sites for hydroxylation is 1. The van der Waals surface area contributed by atoms with Gasteiger partial charge in [0, 0.05) is 12.1 Å². The fourth-order valence-electron chi connectivity index (χ4n) is 2.74. The number of hydrogen-bond acceptors (Lipinski definition) is 9. The molecule has 11 nitrogen and oxygen atoms in total. The molecular formula is C20H17N3O8S. The van der Waals surface area contributed by atoms with Gasteiger partial charge in [0.25, 0.3) is 11.2 Å². The van der Waals surface area contributed by atoms with Gasteiger partial charge in [0.1, 0.15) is 4.90 Å². The number of nitro groups is 1. The second-order valence-corrected chi connectivity index (χ2v) is 7.95. The number of benzene rings is 2. The predicted molar refractivity (Wildman–Crippen MR) is 111 cm³/mol. The van der Waals surface area contributed by atoms with Crippen LogP contribution < -0.4 is 9.74 Å². The van der Waals surface area contributed by atoms with E-state index in [2.05, 4.69) is 5.10 Å². The lowest BCUT2D eigenvalue weighted by molar-refractivity contribution is -0.385. The molecule has 32 heavy (non-hydrogen) atoms. The molecule has 1 heterocycles. The highest BCUT2D eigenvalue weighted by Crippen LogP contribution is 2.24. The third-order valence-electron chi connectivity index (χ3n) is 4.23. The molecule has 0 fully saturated rings. The van der Waals surface area contributed by atoms with E-state index < -0.39 is 48.6 Å². The first-order chi connectivity index (χ1) is 15.1. The van der Waals surface area contributed by atoms with Crippen molar-refractivity contribution in [2.75, 3.05) is 6.61 Å². The Morgan fingerprint density at radius 3 is 2.53 bits per heavy atom. The van der Waals surface area contributed by atoms with Crippen LogP contribution in [0.25, 0.3) is 5.69 Å². The largest absolute Gasteiger partial charge is 0.461 e. The molecule has 0 aliphatic rings. The molecule has 0 spiro atoms. The van der Waals surface area contributed by atoms with Gasteiger partial charge < -0.3 is 8.92 Å². The molecule has 0 bridgehead atoms. The van der Waals surface area contributed by atoms with E-state index >= 15 is 0 Å². The summed E-state index contributed by atoms with van der Waals surface area (Å²) in [4.78, 5) is 34.8. The van der Waals surface area contributed by atoms with Gasteiger partial charge in [-0.15, -0.1) is 0 Å². The van der Waals surface area contributed by atoms with Crippen molar-refractivity contribution < 1.29 is 27.1 Å². The van der Waals surface area contributed by atoms with Crippen molar-refractivity contribution >= 4 is 21.8 Å². The minimum absolute atomic E-state index is 0.0406. The van der Waals surface area contributed by atoms with Crippen LogP contribution in [0.15, 0.2) is 64.3 Å². The van der Waals surface area contributed by atoms with Crippen LogP contribution in [0, 0.1) is 17.0 Å². The molecule has 0 unspecified atom stereocenters. The molecule has 0 N–H and O–H groups in total. The van der Waals surface area contributed by atoms with Crippen LogP contribution in [-0.2, 0) is 14.9 Å². The highest BCUT2D eigenvalue weighted by atomic mass is 32.2. The van der Waals surface area contributed by atoms with Crippen molar-refractivity contribution in [1.82, 2.24) is 9.78 Å². The molecule has 0 aliphatic carbocycles.